The zero-order chi connectivity index (χ0) is 12.1. The van der Waals surface area contributed by atoms with Crippen molar-refractivity contribution in [2.75, 3.05) is 33.9 Å². The minimum Gasteiger partial charge on any atom is -0.481 e. The smallest absolute Gasteiger partial charge is 0.311 e. The van der Waals surface area contributed by atoms with Gasteiger partial charge < -0.3 is 20.1 Å². The molecule has 1 heterocycles. The Balaban J connectivity index is 2.55. The third kappa shape index (κ3) is 2.93. The van der Waals surface area contributed by atoms with E-state index in [2.05, 4.69) is 5.32 Å². The van der Waals surface area contributed by atoms with E-state index in [1.54, 1.807) is 14.1 Å². The molecule has 0 aromatic heterocycles. The van der Waals surface area contributed by atoms with Gasteiger partial charge >= 0.3 is 5.97 Å². The summed E-state index contributed by atoms with van der Waals surface area (Å²) in [6, 6.07) is -0.346. The maximum absolute atomic E-state index is 11.7. The molecule has 16 heavy (non-hydrogen) atoms. The van der Waals surface area contributed by atoms with Crippen LogP contribution in [0.3, 0.4) is 0 Å². The fourth-order valence-corrected chi connectivity index (χ4v) is 1.75. The molecule has 6 nitrogen and oxygen atoms in total. The fourth-order valence-electron chi connectivity index (χ4n) is 1.75. The first-order chi connectivity index (χ1) is 7.57. The van der Waals surface area contributed by atoms with Gasteiger partial charge in [-0.1, -0.05) is 0 Å². The second-order valence-corrected chi connectivity index (χ2v) is 3.91. The van der Waals surface area contributed by atoms with Gasteiger partial charge in [0, 0.05) is 20.0 Å². The van der Waals surface area contributed by atoms with Crippen LogP contribution in [-0.4, -0.2) is 61.8 Å². The molecule has 1 aliphatic rings. The lowest BCUT2D eigenvalue weighted by atomic mass is 10.0. The van der Waals surface area contributed by atoms with Gasteiger partial charge in [-0.2, -0.15) is 0 Å². The van der Waals surface area contributed by atoms with Gasteiger partial charge in [0.25, 0.3) is 0 Å². The summed E-state index contributed by atoms with van der Waals surface area (Å²) in [6.07, 6.45) is 0.371. The molecule has 0 bridgehead atoms. The first-order valence-electron chi connectivity index (χ1n) is 5.28. The second-order valence-electron chi connectivity index (χ2n) is 3.91. The van der Waals surface area contributed by atoms with Crippen molar-refractivity contribution in [1.29, 1.82) is 0 Å². The minimum atomic E-state index is -0.907. The Kier molecular flexibility index (Phi) is 4.70. The monoisotopic (exact) mass is 230 g/mol. The third-order valence-electron chi connectivity index (χ3n) is 2.85. The van der Waals surface area contributed by atoms with Crippen molar-refractivity contribution in [3.05, 3.63) is 0 Å². The Morgan fingerprint density at radius 2 is 2.19 bits per heavy atom. The van der Waals surface area contributed by atoms with Crippen LogP contribution in [0.15, 0.2) is 0 Å². The molecule has 1 fully saturated rings. The van der Waals surface area contributed by atoms with Crippen molar-refractivity contribution in [1.82, 2.24) is 10.2 Å². The topological polar surface area (TPSA) is 78.9 Å². The molecular formula is C10H18N2O4. The van der Waals surface area contributed by atoms with Crippen LogP contribution in [0, 0.1) is 5.92 Å². The molecule has 0 radical (unpaired) electrons. The highest BCUT2D eigenvalue weighted by molar-refractivity contribution is 5.78. The summed E-state index contributed by atoms with van der Waals surface area (Å²) in [6.45, 7) is 1.08. The number of rotatable bonds is 5. The number of likely N-dealkylation sites (N-methyl/N-ethyl adjacent to an activating group) is 1. The first-order valence-corrected chi connectivity index (χ1v) is 5.28. The first kappa shape index (κ1) is 12.9. The molecule has 1 rings (SSSR count). The molecular weight excluding hydrogens is 212 g/mol. The van der Waals surface area contributed by atoms with E-state index in [4.69, 9.17) is 9.84 Å². The highest BCUT2D eigenvalue weighted by atomic mass is 16.5. The number of ether oxygens (including phenoxy) is 1. The van der Waals surface area contributed by atoms with Crippen LogP contribution in [0.25, 0.3) is 0 Å². The highest BCUT2D eigenvalue weighted by Crippen LogP contribution is 2.19. The SMILES string of the molecule is CNCCC(=O)N(C)C1COCC1C(=O)O. The maximum Gasteiger partial charge on any atom is 0.311 e. The van der Waals surface area contributed by atoms with Crippen LogP contribution in [0.2, 0.25) is 0 Å². The van der Waals surface area contributed by atoms with Gasteiger partial charge in [0.15, 0.2) is 0 Å². The number of carboxylic acid groups (broad SMARTS) is 1. The van der Waals surface area contributed by atoms with Crippen molar-refractivity contribution >= 4 is 11.9 Å². The van der Waals surface area contributed by atoms with E-state index >= 15 is 0 Å². The van der Waals surface area contributed by atoms with E-state index in [0.717, 1.165) is 0 Å². The summed E-state index contributed by atoms with van der Waals surface area (Å²) >= 11 is 0. The molecule has 6 heteroatoms. The Bertz CT molecular complexity index is 270. The van der Waals surface area contributed by atoms with Crippen molar-refractivity contribution in [3.63, 3.8) is 0 Å². The van der Waals surface area contributed by atoms with E-state index in [0.29, 0.717) is 19.6 Å². The molecule has 0 aromatic rings. The number of carbonyl (C=O) groups excluding carboxylic acids is 1. The average Bonchev–Trinajstić information content (AvgIpc) is 2.73. The number of hydrogen-bond acceptors (Lipinski definition) is 4. The van der Waals surface area contributed by atoms with E-state index < -0.39 is 11.9 Å². The van der Waals surface area contributed by atoms with Gasteiger partial charge in [-0.3, -0.25) is 9.59 Å². The molecule has 2 unspecified atom stereocenters. The molecule has 1 aliphatic heterocycles. The molecule has 1 saturated heterocycles. The number of hydrogen-bond donors (Lipinski definition) is 2. The Hall–Kier alpha value is -1.14. The van der Waals surface area contributed by atoms with Gasteiger partial charge in [0.2, 0.25) is 5.91 Å². The number of carbonyl (C=O) groups is 2. The van der Waals surface area contributed by atoms with Gasteiger partial charge in [-0.15, -0.1) is 0 Å². The summed E-state index contributed by atoms with van der Waals surface area (Å²) in [5, 5.41) is 11.8. The standard InChI is InChI=1S/C10H18N2O4/c1-11-4-3-9(13)12(2)8-6-16-5-7(8)10(14)15/h7-8,11H,3-6H2,1-2H3,(H,14,15). The fraction of sp³-hybridized carbons (Fsp3) is 0.800. The van der Waals surface area contributed by atoms with Gasteiger partial charge in [-0.05, 0) is 7.05 Å². The highest BCUT2D eigenvalue weighted by Gasteiger charge is 2.38. The zero-order valence-electron chi connectivity index (χ0n) is 9.60. The molecule has 1 amide bonds. The normalized spacial score (nSPS) is 24.4. The number of amides is 1. The molecule has 0 aliphatic carbocycles. The average molecular weight is 230 g/mol. The number of nitrogens with zero attached hydrogens (tertiary/aromatic N) is 1. The van der Waals surface area contributed by atoms with E-state index in [1.165, 1.54) is 4.90 Å². The van der Waals surface area contributed by atoms with Gasteiger partial charge in [0.1, 0.15) is 5.92 Å². The van der Waals surface area contributed by atoms with E-state index in [9.17, 15) is 9.59 Å². The molecule has 0 saturated carbocycles. The third-order valence-corrected chi connectivity index (χ3v) is 2.85. The second kappa shape index (κ2) is 5.81. The Morgan fingerprint density at radius 3 is 2.75 bits per heavy atom. The largest absolute Gasteiger partial charge is 0.481 e. The Labute approximate surface area is 94.6 Å². The van der Waals surface area contributed by atoms with Crippen molar-refractivity contribution < 1.29 is 19.4 Å². The van der Waals surface area contributed by atoms with Crippen LogP contribution in [-0.2, 0) is 14.3 Å². The van der Waals surface area contributed by atoms with E-state index in [1.807, 2.05) is 0 Å². The molecule has 2 N–H and O–H groups in total. The van der Waals surface area contributed by atoms with E-state index in [-0.39, 0.29) is 18.6 Å². The minimum absolute atomic E-state index is 0.0592. The quantitative estimate of drug-likeness (QED) is 0.643. The zero-order valence-corrected chi connectivity index (χ0v) is 9.60. The lowest BCUT2D eigenvalue weighted by Crippen LogP contribution is -2.44. The summed E-state index contributed by atoms with van der Waals surface area (Å²) in [7, 11) is 3.40. The lowest BCUT2D eigenvalue weighted by Gasteiger charge is -2.26. The van der Waals surface area contributed by atoms with Crippen LogP contribution in [0.5, 0.6) is 0 Å². The van der Waals surface area contributed by atoms with Crippen LogP contribution < -0.4 is 5.32 Å². The Morgan fingerprint density at radius 1 is 1.50 bits per heavy atom. The number of carboxylic acids is 1. The van der Waals surface area contributed by atoms with Crippen molar-refractivity contribution in [3.8, 4) is 0 Å². The van der Waals surface area contributed by atoms with Crippen molar-refractivity contribution in [2.45, 2.75) is 12.5 Å². The van der Waals surface area contributed by atoms with Crippen LogP contribution >= 0.6 is 0 Å². The van der Waals surface area contributed by atoms with Crippen LogP contribution in [0.1, 0.15) is 6.42 Å². The number of nitrogens with one attached hydrogen (secondary N) is 1. The maximum atomic E-state index is 11.7. The summed E-state index contributed by atoms with van der Waals surface area (Å²) in [5.74, 6) is -1.57. The van der Waals surface area contributed by atoms with Gasteiger partial charge in [-0.25, -0.2) is 0 Å². The summed E-state index contributed by atoms with van der Waals surface area (Å²) in [4.78, 5) is 24.1. The predicted octanol–water partition coefficient (Wildman–Crippen LogP) is -0.846. The lowest BCUT2D eigenvalue weighted by molar-refractivity contribution is -0.144. The summed E-state index contributed by atoms with van der Waals surface area (Å²) < 4.78 is 5.12. The molecule has 0 spiro atoms. The molecule has 0 aromatic carbocycles. The molecule has 92 valence electrons. The number of aliphatic carboxylic acids is 1. The van der Waals surface area contributed by atoms with Gasteiger partial charge in [0.05, 0.1) is 19.3 Å². The van der Waals surface area contributed by atoms with Crippen LogP contribution in [0.4, 0.5) is 0 Å². The molecule has 2 atom stereocenters. The summed E-state index contributed by atoms with van der Waals surface area (Å²) in [5.41, 5.74) is 0. The van der Waals surface area contributed by atoms with Crippen molar-refractivity contribution in [2.24, 2.45) is 5.92 Å². The predicted molar refractivity (Wildman–Crippen MR) is 57.0 cm³/mol.